The van der Waals surface area contributed by atoms with Gasteiger partial charge in [-0.1, -0.05) is 0 Å². The van der Waals surface area contributed by atoms with Crippen LogP contribution in [0.3, 0.4) is 0 Å². The van der Waals surface area contributed by atoms with E-state index in [2.05, 4.69) is 10.3 Å². The van der Waals surface area contributed by atoms with Gasteiger partial charge in [-0.25, -0.2) is 4.98 Å². The van der Waals surface area contributed by atoms with E-state index in [1.54, 1.807) is 6.20 Å². The number of nitrogens with zero attached hydrogens (tertiary/aromatic N) is 1. The van der Waals surface area contributed by atoms with E-state index < -0.39 is 5.60 Å². The van der Waals surface area contributed by atoms with Crippen molar-refractivity contribution in [2.75, 3.05) is 0 Å². The number of amides is 1. The molecule has 1 aromatic rings. The molecule has 0 aromatic carbocycles. The zero-order valence-corrected chi connectivity index (χ0v) is 13.0. The Labute approximate surface area is 125 Å². The number of aliphatic hydroxyl groups is 1. The van der Waals surface area contributed by atoms with E-state index in [0.29, 0.717) is 25.3 Å². The molecule has 1 aliphatic rings. The minimum atomic E-state index is -1.18. The Kier molecular flexibility index (Phi) is 4.52. The molecule has 5 nitrogen and oxygen atoms in total. The Bertz CT molecular complexity index is 502. The van der Waals surface area contributed by atoms with Crippen molar-refractivity contribution in [2.24, 2.45) is 0 Å². The largest absolute Gasteiger partial charge is 0.472 e. The molecule has 0 bridgehead atoms. The highest BCUT2D eigenvalue weighted by molar-refractivity contribution is 5.85. The second-order valence-corrected chi connectivity index (χ2v) is 6.64. The Morgan fingerprint density at radius 1 is 1.43 bits per heavy atom. The molecular formula is C16H24N2O3. The van der Waals surface area contributed by atoms with Crippen LogP contribution in [0.1, 0.15) is 52.0 Å². The van der Waals surface area contributed by atoms with Crippen LogP contribution in [0.25, 0.3) is 0 Å². The van der Waals surface area contributed by atoms with E-state index in [0.717, 1.165) is 18.4 Å². The zero-order chi connectivity index (χ0) is 15.5. The van der Waals surface area contributed by atoms with Gasteiger partial charge in [0, 0.05) is 18.8 Å². The predicted molar refractivity (Wildman–Crippen MR) is 79.9 cm³/mol. The Balaban J connectivity index is 1.94. The first-order chi connectivity index (χ1) is 9.78. The van der Waals surface area contributed by atoms with Crippen LogP contribution in [0, 0.1) is 0 Å². The molecule has 0 saturated heterocycles. The highest BCUT2D eigenvalue weighted by Gasteiger charge is 2.38. The lowest BCUT2D eigenvalue weighted by molar-refractivity contribution is -0.139. The molecule has 0 atom stereocenters. The first-order valence-corrected chi connectivity index (χ1v) is 7.43. The first kappa shape index (κ1) is 15.8. The van der Waals surface area contributed by atoms with Gasteiger partial charge >= 0.3 is 0 Å². The van der Waals surface area contributed by atoms with Crippen molar-refractivity contribution in [1.29, 1.82) is 0 Å². The molecule has 1 amide bonds. The fraction of sp³-hybridized carbons (Fsp3) is 0.625. The van der Waals surface area contributed by atoms with Gasteiger partial charge in [0.1, 0.15) is 11.2 Å². The van der Waals surface area contributed by atoms with Crippen LogP contribution in [0.15, 0.2) is 18.3 Å². The van der Waals surface area contributed by atoms with Gasteiger partial charge in [-0.3, -0.25) is 4.79 Å². The second-order valence-electron chi connectivity index (χ2n) is 6.64. The lowest BCUT2D eigenvalue weighted by atomic mass is 10.0. The van der Waals surface area contributed by atoms with Crippen LogP contribution in [-0.4, -0.2) is 27.2 Å². The van der Waals surface area contributed by atoms with Crippen molar-refractivity contribution in [3.05, 3.63) is 23.9 Å². The number of ether oxygens (including phenoxy) is 1. The maximum absolute atomic E-state index is 12.0. The third-order valence-electron chi connectivity index (χ3n) is 3.52. The van der Waals surface area contributed by atoms with E-state index >= 15 is 0 Å². The molecule has 1 saturated carbocycles. The lowest BCUT2D eigenvalue weighted by Gasteiger charge is -2.22. The molecule has 0 aliphatic heterocycles. The molecule has 0 radical (unpaired) electrons. The molecular weight excluding hydrogens is 268 g/mol. The third kappa shape index (κ3) is 4.43. The summed E-state index contributed by atoms with van der Waals surface area (Å²) in [4.78, 5) is 16.2. The van der Waals surface area contributed by atoms with Crippen LogP contribution in [0.4, 0.5) is 0 Å². The number of hydrogen-bond donors (Lipinski definition) is 2. The van der Waals surface area contributed by atoms with Gasteiger partial charge in [0.05, 0.1) is 0 Å². The fourth-order valence-corrected chi connectivity index (χ4v) is 2.46. The number of pyridine rings is 1. The van der Waals surface area contributed by atoms with Crippen molar-refractivity contribution in [3.8, 4) is 5.88 Å². The standard InChI is InChI=1S/C16H24N2O3/c1-15(2,3)21-13-10-12(6-9-17-13)11-18-14(19)16(20)7-4-5-8-16/h6,9-10,20H,4-5,7-8,11H2,1-3H3,(H,18,19). The quantitative estimate of drug-likeness (QED) is 0.892. The van der Waals surface area contributed by atoms with Crippen LogP contribution < -0.4 is 10.1 Å². The average Bonchev–Trinajstić information content (AvgIpc) is 2.83. The van der Waals surface area contributed by atoms with Gasteiger partial charge in [-0.15, -0.1) is 0 Å². The van der Waals surface area contributed by atoms with Gasteiger partial charge < -0.3 is 15.2 Å². The van der Waals surface area contributed by atoms with E-state index in [1.807, 2.05) is 32.9 Å². The van der Waals surface area contributed by atoms with Crippen molar-refractivity contribution < 1.29 is 14.6 Å². The fourth-order valence-electron chi connectivity index (χ4n) is 2.46. The molecule has 2 rings (SSSR count). The number of carbonyl (C=O) groups excluding carboxylic acids is 1. The van der Waals surface area contributed by atoms with Crippen molar-refractivity contribution in [2.45, 2.75) is 64.2 Å². The summed E-state index contributed by atoms with van der Waals surface area (Å²) in [5.74, 6) is 0.254. The summed E-state index contributed by atoms with van der Waals surface area (Å²) in [6.07, 6.45) is 4.57. The highest BCUT2D eigenvalue weighted by atomic mass is 16.5. The normalized spacial score (nSPS) is 17.5. The third-order valence-corrected chi connectivity index (χ3v) is 3.52. The molecule has 0 unspecified atom stereocenters. The Hall–Kier alpha value is -1.62. The van der Waals surface area contributed by atoms with Gasteiger partial charge in [-0.2, -0.15) is 0 Å². The zero-order valence-electron chi connectivity index (χ0n) is 13.0. The van der Waals surface area contributed by atoms with E-state index in [4.69, 9.17) is 4.74 Å². The first-order valence-electron chi connectivity index (χ1n) is 7.43. The molecule has 2 N–H and O–H groups in total. The molecule has 5 heteroatoms. The van der Waals surface area contributed by atoms with E-state index in [-0.39, 0.29) is 11.5 Å². The monoisotopic (exact) mass is 292 g/mol. The van der Waals surface area contributed by atoms with E-state index in [1.165, 1.54) is 0 Å². The van der Waals surface area contributed by atoms with Crippen molar-refractivity contribution in [1.82, 2.24) is 10.3 Å². The molecule has 1 aliphatic carbocycles. The average molecular weight is 292 g/mol. The van der Waals surface area contributed by atoms with Crippen LogP contribution in [-0.2, 0) is 11.3 Å². The summed E-state index contributed by atoms with van der Waals surface area (Å²) < 4.78 is 5.70. The summed E-state index contributed by atoms with van der Waals surface area (Å²) in [7, 11) is 0. The smallest absolute Gasteiger partial charge is 0.252 e. The molecule has 116 valence electrons. The molecule has 0 spiro atoms. The van der Waals surface area contributed by atoms with Crippen LogP contribution >= 0.6 is 0 Å². The maximum atomic E-state index is 12.0. The van der Waals surface area contributed by atoms with Gasteiger partial charge in [0.15, 0.2) is 0 Å². The highest BCUT2D eigenvalue weighted by Crippen LogP contribution is 2.29. The van der Waals surface area contributed by atoms with Gasteiger partial charge in [0.2, 0.25) is 5.88 Å². The molecule has 1 fully saturated rings. The summed E-state index contributed by atoms with van der Waals surface area (Å²) in [6.45, 7) is 6.24. The summed E-state index contributed by atoms with van der Waals surface area (Å²) in [5, 5.41) is 13.0. The summed E-state index contributed by atoms with van der Waals surface area (Å²) in [6, 6.07) is 3.64. The number of carbonyl (C=O) groups is 1. The topological polar surface area (TPSA) is 71.5 Å². The Morgan fingerprint density at radius 2 is 2.10 bits per heavy atom. The van der Waals surface area contributed by atoms with Crippen molar-refractivity contribution >= 4 is 5.91 Å². The number of nitrogens with one attached hydrogen (secondary N) is 1. The number of hydrogen-bond acceptors (Lipinski definition) is 4. The van der Waals surface area contributed by atoms with E-state index in [9.17, 15) is 9.90 Å². The van der Waals surface area contributed by atoms with Crippen LogP contribution in [0.5, 0.6) is 5.88 Å². The van der Waals surface area contributed by atoms with Gasteiger partial charge in [0.25, 0.3) is 5.91 Å². The Morgan fingerprint density at radius 3 is 2.71 bits per heavy atom. The molecule has 1 heterocycles. The maximum Gasteiger partial charge on any atom is 0.252 e. The predicted octanol–water partition coefficient (Wildman–Crippen LogP) is 2.18. The molecule has 1 aromatic heterocycles. The van der Waals surface area contributed by atoms with Gasteiger partial charge in [-0.05, 0) is 58.1 Å². The summed E-state index contributed by atoms with van der Waals surface area (Å²) >= 11 is 0. The summed E-state index contributed by atoms with van der Waals surface area (Å²) in [5.41, 5.74) is -0.592. The lowest BCUT2D eigenvalue weighted by Crippen LogP contribution is -2.44. The minimum absolute atomic E-state index is 0.282. The molecule has 21 heavy (non-hydrogen) atoms. The van der Waals surface area contributed by atoms with Crippen molar-refractivity contribution in [3.63, 3.8) is 0 Å². The minimum Gasteiger partial charge on any atom is -0.472 e. The SMILES string of the molecule is CC(C)(C)Oc1cc(CNC(=O)C2(O)CCCC2)ccn1. The number of rotatable bonds is 4. The van der Waals surface area contributed by atoms with Crippen LogP contribution in [0.2, 0.25) is 0 Å². The second kappa shape index (κ2) is 6.02. The number of aromatic nitrogens is 1.